The van der Waals surface area contributed by atoms with Crippen LogP contribution in [0, 0.1) is 0 Å². The van der Waals surface area contributed by atoms with Crippen LogP contribution in [0.1, 0.15) is 21.3 Å². The van der Waals surface area contributed by atoms with Gasteiger partial charge in [-0.25, -0.2) is 4.79 Å². The van der Waals surface area contributed by atoms with Crippen molar-refractivity contribution < 1.29 is 9.59 Å². The molecule has 0 bridgehead atoms. The number of amides is 1. The van der Waals surface area contributed by atoms with Crippen LogP contribution < -0.4 is 10.2 Å². The number of aromatic nitrogens is 2. The number of hydrogen-bond acceptors (Lipinski definition) is 5. The Kier molecular flexibility index (Phi) is 5.25. The van der Waals surface area contributed by atoms with E-state index in [-0.39, 0.29) is 17.2 Å². The van der Waals surface area contributed by atoms with Crippen molar-refractivity contribution in [2.24, 2.45) is 0 Å². The number of hydrogen-bond donors (Lipinski definition) is 1. The van der Waals surface area contributed by atoms with Gasteiger partial charge < -0.3 is 5.32 Å². The number of Topliss-reactive ketones (excluding diaryl/α,β-unsaturated/α-hetero) is 1. The number of allylic oxidation sites excluding steroid dienone is 1. The Labute approximate surface area is 189 Å². The van der Waals surface area contributed by atoms with E-state index in [1.807, 2.05) is 72.1 Å². The molecular formula is C25H20N4O2S. The van der Waals surface area contributed by atoms with Crippen molar-refractivity contribution in [1.82, 2.24) is 14.9 Å². The molecule has 7 heteroatoms. The van der Waals surface area contributed by atoms with E-state index in [0.717, 1.165) is 16.6 Å². The molecule has 6 nitrogen and oxygen atoms in total. The fourth-order valence-electron chi connectivity index (χ4n) is 3.74. The number of para-hydroxylation sites is 2. The van der Waals surface area contributed by atoms with Gasteiger partial charge in [0.2, 0.25) is 5.78 Å². The number of ketones is 1. The Balaban J connectivity index is 1.47. The third-order valence-electron chi connectivity index (χ3n) is 5.43. The summed E-state index contributed by atoms with van der Waals surface area (Å²) >= 11 is 1.53. The number of benzene rings is 2. The first-order chi connectivity index (χ1) is 15.6. The monoisotopic (exact) mass is 440 g/mol. The minimum absolute atomic E-state index is 0.0677. The number of nitrogens with one attached hydrogen (secondary N) is 1. The SMILES string of the molecule is CN(C(=O)n1cc(C(=O)C2=CSC(c3cccnc3)N2)c2ccccc21)c1ccccc1. The molecule has 1 aliphatic rings. The summed E-state index contributed by atoms with van der Waals surface area (Å²) in [5.41, 5.74) is 3.47. The predicted octanol–water partition coefficient (Wildman–Crippen LogP) is 5.20. The minimum Gasteiger partial charge on any atom is -0.366 e. The number of pyridine rings is 1. The third-order valence-corrected chi connectivity index (χ3v) is 6.47. The van der Waals surface area contributed by atoms with Gasteiger partial charge in [-0.2, -0.15) is 0 Å². The van der Waals surface area contributed by atoms with Gasteiger partial charge in [0, 0.05) is 47.7 Å². The molecule has 3 heterocycles. The van der Waals surface area contributed by atoms with E-state index in [0.29, 0.717) is 16.8 Å². The molecule has 0 aliphatic carbocycles. The van der Waals surface area contributed by atoms with Crippen LogP contribution in [-0.4, -0.2) is 28.4 Å². The van der Waals surface area contributed by atoms with Gasteiger partial charge in [-0.15, -0.1) is 11.8 Å². The Morgan fingerprint density at radius 3 is 2.59 bits per heavy atom. The van der Waals surface area contributed by atoms with Crippen LogP contribution in [-0.2, 0) is 0 Å². The molecule has 0 fully saturated rings. The maximum Gasteiger partial charge on any atom is 0.332 e. The molecule has 0 saturated carbocycles. The van der Waals surface area contributed by atoms with Crippen LogP contribution in [0.3, 0.4) is 0 Å². The molecule has 0 spiro atoms. The minimum atomic E-state index is -0.234. The van der Waals surface area contributed by atoms with Gasteiger partial charge in [0.1, 0.15) is 5.37 Å². The highest BCUT2D eigenvalue weighted by Crippen LogP contribution is 2.35. The predicted molar refractivity (Wildman–Crippen MR) is 128 cm³/mol. The van der Waals surface area contributed by atoms with Crippen molar-refractivity contribution in [1.29, 1.82) is 0 Å². The van der Waals surface area contributed by atoms with Gasteiger partial charge in [-0.05, 0) is 24.3 Å². The zero-order chi connectivity index (χ0) is 22.1. The first kappa shape index (κ1) is 20.1. The van der Waals surface area contributed by atoms with Crippen molar-refractivity contribution in [3.63, 3.8) is 0 Å². The summed E-state index contributed by atoms with van der Waals surface area (Å²) < 4.78 is 1.54. The fraction of sp³-hybridized carbons (Fsp3) is 0.0800. The molecule has 5 rings (SSSR count). The second-order valence-electron chi connectivity index (χ2n) is 7.41. The molecule has 1 unspecified atom stereocenters. The lowest BCUT2D eigenvalue weighted by Crippen LogP contribution is -2.30. The molecule has 2 aromatic carbocycles. The van der Waals surface area contributed by atoms with Gasteiger partial charge in [0.15, 0.2) is 0 Å². The normalized spacial score (nSPS) is 15.3. The highest BCUT2D eigenvalue weighted by atomic mass is 32.2. The fourth-order valence-corrected chi connectivity index (χ4v) is 4.68. The van der Waals surface area contributed by atoms with E-state index in [4.69, 9.17) is 0 Å². The zero-order valence-corrected chi connectivity index (χ0v) is 18.1. The second kappa shape index (κ2) is 8.36. The number of rotatable bonds is 4. The summed E-state index contributed by atoms with van der Waals surface area (Å²) in [6.07, 6.45) is 5.15. The number of anilines is 1. The van der Waals surface area contributed by atoms with E-state index in [1.54, 1.807) is 30.5 Å². The first-order valence-corrected chi connectivity index (χ1v) is 11.1. The first-order valence-electron chi connectivity index (χ1n) is 10.1. The lowest BCUT2D eigenvalue weighted by atomic mass is 10.1. The Morgan fingerprint density at radius 2 is 1.81 bits per heavy atom. The molecule has 1 aliphatic heterocycles. The number of carbonyl (C=O) groups is 2. The quantitative estimate of drug-likeness (QED) is 0.442. The van der Waals surface area contributed by atoms with Gasteiger partial charge >= 0.3 is 6.03 Å². The van der Waals surface area contributed by atoms with E-state index >= 15 is 0 Å². The van der Waals surface area contributed by atoms with Crippen molar-refractivity contribution in [3.8, 4) is 0 Å². The smallest absolute Gasteiger partial charge is 0.332 e. The van der Waals surface area contributed by atoms with Crippen LogP contribution in [0.25, 0.3) is 10.9 Å². The second-order valence-corrected chi connectivity index (χ2v) is 8.39. The summed E-state index contributed by atoms with van der Waals surface area (Å²) in [6, 6.07) is 20.5. The summed E-state index contributed by atoms with van der Waals surface area (Å²) in [6.45, 7) is 0. The van der Waals surface area contributed by atoms with Gasteiger partial charge in [0.05, 0.1) is 16.8 Å². The van der Waals surface area contributed by atoms with Crippen molar-refractivity contribution in [2.45, 2.75) is 5.37 Å². The topological polar surface area (TPSA) is 67.2 Å². The standard InChI is InChI=1S/C25H20N4O2S/c1-28(18-9-3-2-4-10-18)25(31)29-15-20(19-11-5-6-12-22(19)29)23(30)21-16-32-24(27-21)17-8-7-13-26-14-17/h2-16,24,27H,1H3. The summed E-state index contributed by atoms with van der Waals surface area (Å²) in [5.74, 6) is -0.144. The zero-order valence-electron chi connectivity index (χ0n) is 17.3. The highest BCUT2D eigenvalue weighted by molar-refractivity contribution is 8.02. The van der Waals surface area contributed by atoms with Crippen LogP contribution >= 0.6 is 11.8 Å². The van der Waals surface area contributed by atoms with E-state index < -0.39 is 0 Å². The summed E-state index contributed by atoms with van der Waals surface area (Å²) in [7, 11) is 1.73. The van der Waals surface area contributed by atoms with Crippen molar-refractivity contribution in [3.05, 3.63) is 108 Å². The average molecular weight is 441 g/mol. The third kappa shape index (κ3) is 3.56. The highest BCUT2D eigenvalue weighted by Gasteiger charge is 2.27. The lowest BCUT2D eigenvalue weighted by molar-refractivity contribution is 0.102. The van der Waals surface area contributed by atoms with Crippen molar-refractivity contribution >= 4 is 40.2 Å². The van der Waals surface area contributed by atoms with Crippen LogP contribution in [0.15, 0.2) is 96.4 Å². The molecule has 158 valence electrons. The summed E-state index contributed by atoms with van der Waals surface area (Å²) in [5, 5.41) is 5.80. The molecule has 0 radical (unpaired) electrons. The molecule has 1 N–H and O–H groups in total. The van der Waals surface area contributed by atoms with Crippen LogP contribution in [0.5, 0.6) is 0 Å². The van der Waals surface area contributed by atoms with Crippen LogP contribution in [0.2, 0.25) is 0 Å². The van der Waals surface area contributed by atoms with Crippen molar-refractivity contribution in [2.75, 3.05) is 11.9 Å². The maximum absolute atomic E-state index is 13.4. The molecule has 2 aromatic heterocycles. The average Bonchev–Trinajstić information content (AvgIpc) is 3.50. The Morgan fingerprint density at radius 1 is 1.03 bits per heavy atom. The Bertz CT molecular complexity index is 1330. The molecule has 1 amide bonds. The van der Waals surface area contributed by atoms with Crippen LogP contribution in [0.4, 0.5) is 10.5 Å². The van der Waals surface area contributed by atoms with Gasteiger partial charge in [0.25, 0.3) is 0 Å². The van der Waals surface area contributed by atoms with Gasteiger partial charge in [-0.3, -0.25) is 19.2 Å². The largest absolute Gasteiger partial charge is 0.366 e. The molecule has 32 heavy (non-hydrogen) atoms. The van der Waals surface area contributed by atoms with Gasteiger partial charge in [-0.1, -0.05) is 42.5 Å². The summed E-state index contributed by atoms with van der Waals surface area (Å²) in [4.78, 5) is 32.4. The van der Waals surface area contributed by atoms with E-state index in [2.05, 4.69) is 10.3 Å². The number of carbonyl (C=O) groups excluding carboxylic acids is 2. The number of nitrogens with zero attached hydrogens (tertiary/aromatic N) is 3. The molecule has 0 saturated heterocycles. The number of thioether (sulfide) groups is 1. The lowest BCUT2D eigenvalue weighted by Gasteiger charge is -2.18. The maximum atomic E-state index is 13.4. The molecular weight excluding hydrogens is 420 g/mol. The molecule has 1 atom stereocenters. The van der Waals surface area contributed by atoms with E-state index in [1.165, 1.54) is 16.3 Å². The van der Waals surface area contributed by atoms with E-state index in [9.17, 15) is 9.59 Å². The Hall–Kier alpha value is -3.84. The number of fused-ring (bicyclic) bond motifs is 1. The molecule has 4 aromatic rings.